The summed E-state index contributed by atoms with van der Waals surface area (Å²) in [5.74, 6) is -8.62. The van der Waals surface area contributed by atoms with Crippen molar-refractivity contribution in [1.82, 2.24) is 0 Å². The van der Waals surface area contributed by atoms with E-state index in [0.29, 0.717) is 27.5 Å². The van der Waals surface area contributed by atoms with Gasteiger partial charge in [0.25, 0.3) is 0 Å². The Morgan fingerprint density at radius 1 is 0.265 bits per heavy atom. The Hall–Kier alpha value is -15.6. The van der Waals surface area contributed by atoms with Crippen LogP contribution in [-0.2, 0) is 0 Å². The average molecular weight is 1940 g/mol. The van der Waals surface area contributed by atoms with Gasteiger partial charge in [0.15, 0.2) is 17.2 Å². The number of nitrogens with two attached hydrogens (primary N) is 3. The number of fused-ring (bicyclic) bond motifs is 3. The first kappa shape index (κ1) is 104. The predicted molar refractivity (Wildman–Crippen MR) is 492 cm³/mol. The lowest BCUT2D eigenvalue weighted by atomic mass is 10.1. The van der Waals surface area contributed by atoms with Crippen molar-refractivity contribution in [3.63, 3.8) is 0 Å². The van der Waals surface area contributed by atoms with Crippen LogP contribution >= 0.6 is 32.6 Å². The number of carboxylic acid groups (broad SMARTS) is 5. The fourth-order valence-electron chi connectivity index (χ4n) is 11.9. The molecule has 0 radical (unpaired) electrons. The van der Waals surface area contributed by atoms with Crippen LogP contribution in [0.15, 0.2) is 246 Å². The van der Waals surface area contributed by atoms with E-state index < -0.39 is 138 Å². The number of aliphatic hydroxyl groups is 6. The molecule has 0 spiro atoms. The van der Waals surface area contributed by atoms with Crippen LogP contribution in [0.4, 0.5) is 85.3 Å². The molecule has 0 saturated heterocycles. The number of hydrogen-bond donors (Lipinski definition) is 26. The standard InChI is InChI=1S/2C28H27N5O12S.C27H27N5O10S.CH4/c29-16-3-1-14-10-24(46(41,42)43)25(26(36)18(14)11-16)33-32-21-13-22(44-7-5-34)20(12-23(21)45-8-6-35)31-30-19-9-15(27(37)38)2-4-17(19)28(39)40;29-17-2-1-14-10-24(46(41,42)43)25(26(36)19(14)11-17)33-32-21-13-22(44-5-3-34)20(12-23(21)45-6-4-35)31-30-18-8-15(27(37)38)7-16(9-18)28(39)40;28-17-4-1-16-11-24(43(38,39)40)25(26(35)19(16)12-17)32-31-21-14-22(41-9-7-33)20(13-23(21)42-10-8-34)30-29-18-5-2-15(3-6-18)27(36)37;/h1-4,9-13,34-36,41-43H,5-8,29H2,(H,37,38)(H,39,40);1-2,7-13,34-36,41-43H,3-6,29H2,(H,37,38)(H,39,40);1-6,11-14,33-35,38-40H,7-10,28H2,(H,36,37);1H4. The first-order chi connectivity index (χ1) is 64.2. The molecule has 29 N–H and O–H groups in total. The minimum Gasteiger partial charge on any atom is -0.505 e. The average Bonchev–Trinajstić information content (AvgIpc) is 0.771. The number of carbonyl (C=O) groups is 5. The van der Waals surface area contributed by atoms with Gasteiger partial charge in [0.2, 0.25) is 0 Å². The third-order valence-corrected chi connectivity index (χ3v) is 20.6. The predicted octanol–water partition coefficient (Wildman–Crippen LogP) is 18.0. The van der Waals surface area contributed by atoms with Gasteiger partial charge in [0.05, 0.1) is 93.5 Å². The lowest BCUT2D eigenvalue weighted by Crippen LogP contribution is -2.04. The number of benzene rings is 12. The van der Waals surface area contributed by atoms with Crippen molar-refractivity contribution in [2.45, 2.75) is 22.1 Å². The third kappa shape index (κ3) is 26.9. The Morgan fingerprint density at radius 3 is 0.787 bits per heavy atom. The zero-order valence-electron chi connectivity index (χ0n) is 69.3. The molecule has 0 heterocycles. The molecule has 0 saturated carbocycles. The summed E-state index contributed by atoms with van der Waals surface area (Å²) in [6, 6.07) is 36.3. The van der Waals surface area contributed by atoms with E-state index in [1.54, 1.807) is 0 Å². The molecule has 0 aliphatic heterocycles. The Labute approximate surface area is 770 Å². The Balaban J connectivity index is 0.000000228. The van der Waals surface area contributed by atoms with Crippen LogP contribution in [0.2, 0.25) is 0 Å². The maximum absolute atomic E-state index is 11.7. The molecule has 0 amide bonds. The minimum atomic E-state index is -4.43. The van der Waals surface area contributed by atoms with E-state index in [2.05, 4.69) is 61.4 Å². The fourth-order valence-corrected chi connectivity index (χ4v) is 13.9. The van der Waals surface area contributed by atoms with Gasteiger partial charge in [-0.05, 0) is 131 Å². The van der Waals surface area contributed by atoms with Crippen molar-refractivity contribution in [2.75, 3.05) is 96.5 Å². The Kier molecular flexibility index (Phi) is 35.7. The molecule has 0 fully saturated rings. The van der Waals surface area contributed by atoms with E-state index in [4.69, 9.17) is 50.7 Å². The quantitative estimate of drug-likeness (QED) is 0.0126. The summed E-state index contributed by atoms with van der Waals surface area (Å²) >= 11 is 0. The second kappa shape index (κ2) is 46.7. The first-order valence-corrected chi connectivity index (χ1v) is 42.9. The highest BCUT2D eigenvalue weighted by atomic mass is 32.3. The van der Waals surface area contributed by atoms with Crippen LogP contribution in [-0.4, -0.2) is 222 Å². The highest BCUT2D eigenvalue weighted by Crippen LogP contribution is 2.59. The summed E-state index contributed by atoms with van der Waals surface area (Å²) in [7, 11) is -13.2. The molecule has 0 aliphatic rings. The van der Waals surface area contributed by atoms with Gasteiger partial charge in [-0.2, -0.15) is 10.2 Å². The number of ether oxygens (including phenoxy) is 6. The van der Waals surface area contributed by atoms with Crippen molar-refractivity contribution in [1.29, 1.82) is 0 Å². The number of carboxylic acids is 5. The lowest BCUT2D eigenvalue weighted by molar-refractivity contribution is 0.0680. The molecule has 718 valence electrons. The molecule has 0 aromatic heterocycles. The topological polar surface area (TPSA) is 832 Å². The number of aromatic carboxylic acids is 5. The van der Waals surface area contributed by atoms with Crippen LogP contribution in [0.3, 0.4) is 0 Å². The first-order valence-electron chi connectivity index (χ1n) is 38.4. The fraction of sp³-hybridized carbons (Fsp3) is 0.155. The summed E-state index contributed by atoms with van der Waals surface area (Å²) in [4.78, 5) is 55.6. The van der Waals surface area contributed by atoms with Crippen LogP contribution in [0.1, 0.15) is 59.2 Å². The molecule has 12 aromatic carbocycles. The normalized spacial score (nSPS) is 12.1. The number of rotatable bonds is 38. The smallest absolute Gasteiger partial charge is 0.337 e. The molecular formula is C84H85N15O34S3. The van der Waals surface area contributed by atoms with Crippen molar-refractivity contribution in [3.8, 4) is 51.7 Å². The molecule has 52 heteroatoms. The van der Waals surface area contributed by atoms with E-state index in [1.807, 2.05) is 0 Å². The number of azo groups is 6. The number of nitrogen functional groups attached to an aromatic ring is 3. The van der Waals surface area contributed by atoms with Gasteiger partial charge in [0, 0.05) is 69.6 Å². The zero-order valence-corrected chi connectivity index (χ0v) is 71.7. The molecule has 0 bridgehead atoms. The molecule has 0 atom stereocenters. The molecule has 0 unspecified atom stereocenters. The number of phenols is 3. The van der Waals surface area contributed by atoms with Crippen molar-refractivity contribution < 1.29 is 165 Å². The summed E-state index contributed by atoms with van der Waals surface area (Å²) in [5, 5.41) is 185. The van der Waals surface area contributed by atoms with Crippen LogP contribution in [0.5, 0.6) is 51.7 Å². The SMILES string of the molecule is C.Nc1ccc2cc(S(O)(O)O)c(N=Nc3cc(OCCO)c(N=Nc4cc(C(=O)O)cc(C(=O)O)c4)cc3OCCO)c(O)c2c1.Nc1ccc2cc(S(O)(O)O)c(N=Nc3cc(OCCO)c(N=Nc4cc(C(=O)O)ccc4C(=O)O)cc3OCCO)c(O)c2c1.Nc1ccc2cc(S(O)(O)O)c(N=Nc3cc(OCCO)c(N=Nc4ccc(C(=O)O)cc4)cc3OCCO)c(O)c2c1. The molecule has 12 rings (SSSR count). The molecule has 136 heavy (non-hydrogen) atoms. The monoisotopic (exact) mass is 1940 g/mol. The highest BCUT2D eigenvalue weighted by Gasteiger charge is 2.31. The van der Waals surface area contributed by atoms with Crippen molar-refractivity contribution in [2.24, 2.45) is 61.4 Å². The second-order valence-electron chi connectivity index (χ2n) is 27.3. The molecule has 12 aromatic rings. The van der Waals surface area contributed by atoms with Gasteiger partial charge in [-0.15, -0.1) is 51.1 Å². The minimum absolute atomic E-state index is 0. The number of anilines is 3. The lowest BCUT2D eigenvalue weighted by Gasteiger charge is -2.22. The number of aromatic hydroxyl groups is 3. The Bertz CT molecular complexity index is 6630. The Morgan fingerprint density at radius 2 is 0.522 bits per heavy atom. The maximum atomic E-state index is 11.7. The number of phenolic OH excluding ortho intramolecular Hbond substituents is 3. The van der Waals surface area contributed by atoms with Gasteiger partial charge in [-0.25, -0.2) is 24.0 Å². The summed E-state index contributed by atoms with van der Waals surface area (Å²) in [6.45, 7) is -3.78. The van der Waals surface area contributed by atoms with E-state index in [0.717, 1.165) is 36.4 Å². The van der Waals surface area contributed by atoms with Gasteiger partial charge in [-0.3, -0.25) is 0 Å². The third-order valence-electron chi connectivity index (χ3n) is 17.9. The summed E-state index contributed by atoms with van der Waals surface area (Å²) in [6.07, 6.45) is 0. The van der Waals surface area contributed by atoms with E-state index in [9.17, 15) is 131 Å². The van der Waals surface area contributed by atoms with E-state index in [-0.39, 0.29) is 196 Å². The van der Waals surface area contributed by atoms with E-state index >= 15 is 0 Å². The molecule has 0 aliphatic carbocycles. The van der Waals surface area contributed by atoms with Crippen molar-refractivity contribution in [3.05, 3.63) is 198 Å². The van der Waals surface area contributed by atoms with Crippen LogP contribution in [0.25, 0.3) is 32.3 Å². The molecular weight excluding hydrogens is 1860 g/mol. The number of aliphatic hydroxyl groups excluding tert-OH is 6. The largest absolute Gasteiger partial charge is 0.505 e. The van der Waals surface area contributed by atoms with Crippen LogP contribution < -0.4 is 45.6 Å². The van der Waals surface area contributed by atoms with Crippen molar-refractivity contribution >= 4 is 180 Å². The summed E-state index contributed by atoms with van der Waals surface area (Å²) in [5.41, 5.74) is 15.2. The van der Waals surface area contributed by atoms with E-state index in [1.165, 1.54) is 133 Å². The second-order valence-corrected chi connectivity index (χ2v) is 31.7. The van der Waals surface area contributed by atoms with Gasteiger partial charge in [0.1, 0.15) is 164 Å². The summed E-state index contributed by atoms with van der Waals surface area (Å²) < 4.78 is 124. The maximum Gasteiger partial charge on any atom is 0.337 e. The van der Waals surface area contributed by atoms with Crippen LogP contribution in [0, 0.1) is 0 Å². The molecule has 49 nitrogen and oxygen atoms in total. The van der Waals surface area contributed by atoms with Gasteiger partial charge < -0.3 is 158 Å². The number of hydrogen-bond acceptors (Lipinski definition) is 44. The van der Waals surface area contributed by atoms with Gasteiger partial charge >= 0.3 is 29.8 Å². The number of nitrogens with zero attached hydrogens (tertiary/aromatic N) is 12. The zero-order chi connectivity index (χ0) is 98.3. The van der Waals surface area contributed by atoms with Gasteiger partial charge in [-0.1, -0.05) is 25.6 Å². The highest BCUT2D eigenvalue weighted by molar-refractivity contribution is 8.20.